The number of amides is 1. The molecule has 0 aliphatic rings. The summed E-state index contributed by atoms with van der Waals surface area (Å²) in [6.07, 6.45) is 3.53. The van der Waals surface area contributed by atoms with E-state index in [1.165, 1.54) is 11.3 Å². The summed E-state index contributed by atoms with van der Waals surface area (Å²) in [5.41, 5.74) is 6.79. The van der Waals surface area contributed by atoms with Crippen molar-refractivity contribution in [3.05, 3.63) is 81.1 Å². The van der Waals surface area contributed by atoms with E-state index in [2.05, 4.69) is 47.3 Å². The number of nitrogens with zero attached hydrogens (tertiary/aromatic N) is 2. The van der Waals surface area contributed by atoms with E-state index >= 15 is 0 Å². The molecule has 0 aliphatic heterocycles. The Labute approximate surface area is 145 Å². The minimum absolute atomic E-state index is 0.107. The van der Waals surface area contributed by atoms with Crippen LogP contribution in [0.4, 0.5) is 0 Å². The van der Waals surface area contributed by atoms with Gasteiger partial charge >= 0.3 is 0 Å². The summed E-state index contributed by atoms with van der Waals surface area (Å²) in [7, 11) is 0. The normalized spacial score (nSPS) is 12.0. The first-order chi connectivity index (χ1) is 11.6. The molecule has 3 aromatic rings. The van der Waals surface area contributed by atoms with Crippen LogP contribution in [0, 0.1) is 20.8 Å². The van der Waals surface area contributed by atoms with E-state index in [0.29, 0.717) is 4.88 Å². The van der Waals surface area contributed by atoms with E-state index in [1.807, 2.05) is 19.1 Å². The van der Waals surface area contributed by atoms with Crippen LogP contribution in [0.3, 0.4) is 0 Å². The summed E-state index contributed by atoms with van der Waals surface area (Å²) in [6, 6.07) is 9.91. The van der Waals surface area contributed by atoms with Gasteiger partial charge in [0, 0.05) is 12.4 Å². The van der Waals surface area contributed by atoms with Gasteiger partial charge in [0.15, 0.2) is 0 Å². The number of aryl methyl sites for hydroxylation is 3. The first-order valence-corrected chi connectivity index (χ1v) is 8.62. The second-order valence-electron chi connectivity index (χ2n) is 5.82. The summed E-state index contributed by atoms with van der Waals surface area (Å²) in [4.78, 5) is 21.7. The maximum atomic E-state index is 12.7. The Morgan fingerprint density at radius 1 is 1.21 bits per heavy atom. The third-order valence-corrected chi connectivity index (χ3v) is 4.92. The van der Waals surface area contributed by atoms with Crippen molar-refractivity contribution in [2.75, 3.05) is 0 Å². The van der Waals surface area contributed by atoms with Crippen LogP contribution in [0.2, 0.25) is 0 Å². The van der Waals surface area contributed by atoms with Crippen LogP contribution in [0.25, 0.3) is 0 Å². The molecule has 24 heavy (non-hydrogen) atoms. The molecular formula is C19H19N3OS. The van der Waals surface area contributed by atoms with Crippen LogP contribution < -0.4 is 5.32 Å². The number of hydrogen-bond donors (Lipinski definition) is 1. The average molecular weight is 337 g/mol. The van der Waals surface area contributed by atoms with Gasteiger partial charge in [-0.25, -0.2) is 4.98 Å². The Bertz CT molecular complexity index is 858. The molecule has 0 spiro atoms. The predicted molar refractivity (Wildman–Crippen MR) is 96.3 cm³/mol. The molecule has 2 aromatic heterocycles. The number of carbonyl (C=O) groups is 1. The minimum atomic E-state index is -0.243. The highest BCUT2D eigenvalue weighted by molar-refractivity contribution is 7.11. The molecule has 0 bridgehead atoms. The van der Waals surface area contributed by atoms with Crippen LogP contribution in [-0.4, -0.2) is 15.9 Å². The molecule has 0 radical (unpaired) electrons. The topological polar surface area (TPSA) is 54.9 Å². The van der Waals surface area contributed by atoms with Gasteiger partial charge in [0.1, 0.15) is 4.88 Å². The summed E-state index contributed by atoms with van der Waals surface area (Å²) in [6.45, 7) is 5.96. The smallest absolute Gasteiger partial charge is 0.264 e. The molecule has 5 heteroatoms. The van der Waals surface area contributed by atoms with Crippen molar-refractivity contribution in [3.8, 4) is 0 Å². The van der Waals surface area contributed by atoms with E-state index in [9.17, 15) is 4.79 Å². The molecule has 1 amide bonds. The van der Waals surface area contributed by atoms with Gasteiger partial charge in [0.25, 0.3) is 5.91 Å². The number of hydrogen-bond acceptors (Lipinski definition) is 4. The molecular weight excluding hydrogens is 318 g/mol. The van der Waals surface area contributed by atoms with Crippen LogP contribution in [-0.2, 0) is 0 Å². The third kappa shape index (κ3) is 3.36. The zero-order valence-corrected chi connectivity index (χ0v) is 14.7. The SMILES string of the molecule is Cc1ccc(C)c([C@H](NC(=O)c2scnc2C)c2cccnc2)c1. The maximum Gasteiger partial charge on any atom is 0.264 e. The van der Waals surface area contributed by atoms with Gasteiger partial charge in [0.05, 0.1) is 17.2 Å². The van der Waals surface area contributed by atoms with Crippen molar-refractivity contribution in [1.29, 1.82) is 0 Å². The van der Waals surface area contributed by atoms with Gasteiger partial charge in [-0.3, -0.25) is 9.78 Å². The quantitative estimate of drug-likeness (QED) is 0.783. The Morgan fingerprint density at radius 2 is 2.04 bits per heavy atom. The molecule has 2 heterocycles. The number of thiazole rings is 1. The first-order valence-electron chi connectivity index (χ1n) is 7.74. The number of aromatic nitrogens is 2. The van der Waals surface area contributed by atoms with E-state index in [4.69, 9.17) is 0 Å². The summed E-state index contributed by atoms with van der Waals surface area (Å²) in [5, 5.41) is 3.15. The fraction of sp³-hybridized carbons (Fsp3) is 0.211. The molecule has 0 unspecified atom stereocenters. The molecule has 1 N–H and O–H groups in total. The largest absolute Gasteiger partial charge is 0.340 e. The summed E-state index contributed by atoms with van der Waals surface area (Å²) in [5.74, 6) is -0.107. The lowest BCUT2D eigenvalue weighted by atomic mass is 9.94. The average Bonchev–Trinajstić information content (AvgIpc) is 3.02. The summed E-state index contributed by atoms with van der Waals surface area (Å²) < 4.78 is 0. The summed E-state index contributed by atoms with van der Waals surface area (Å²) >= 11 is 1.36. The first kappa shape index (κ1) is 16.3. The van der Waals surface area contributed by atoms with Crippen molar-refractivity contribution >= 4 is 17.2 Å². The monoisotopic (exact) mass is 337 g/mol. The van der Waals surface area contributed by atoms with Gasteiger partial charge in [-0.05, 0) is 43.5 Å². The standard InChI is InChI=1S/C19H19N3OS/c1-12-6-7-13(2)16(9-12)17(15-5-4-8-20-10-15)22-19(23)18-14(3)21-11-24-18/h4-11,17H,1-3H3,(H,22,23)/t17-/m1/s1. The lowest BCUT2D eigenvalue weighted by molar-refractivity contribution is 0.0946. The number of pyridine rings is 1. The van der Waals surface area contributed by atoms with Gasteiger partial charge in [-0.1, -0.05) is 29.8 Å². The van der Waals surface area contributed by atoms with Crippen LogP contribution in [0.15, 0.2) is 48.2 Å². The fourth-order valence-corrected chi connectivity index (χ4v) is 3.38. The molecule has 1 aromatic carbocycles. The fourth-order valence-electron chi connectivity index (χ4n) is 2.67. The zero-order chi connectivity index (χ0) is 17.1. The highest BCUT2D eigenvalue weighted by Gasteiger charge is 2.21. The van der Waals surface area contributed by atoms with Crippen molar-refractivity contribution in [2.24, 2.45) is 0 Å². The Morgan fingerprint density at radius 3 is 2.71 bits per heavy atom. The molecule has 0 saturated carbocycles. The highest BCUT2D eigenvalue weighted by Crippen LogP contribution is 2.26. The molecule has 0 aliphatic carbocycles. The Balaban J connectivity index is 2.01. The van der Waals surface area contributed by atoms with E-state index in [-0.39, 0.29) is 11.9 Å². The van der Waals surface area contributed by atoms with Gasteiger partial charge in [-0.15, -0.1) is 11.3 Å². The second kappa shape index (κ2) is 6.93. The Kier molecular flexibility index (Phi) is 4.71. The third-order valence-electron chi connectivity index (χ3n) is 3.99. The van der Waals surface area contributed by atoms with E-state index in [0.717, 1.165) is 27.9 Å². The van der Waals surface area contributed by atoms with E-state index in [1.54, 1.807) is 17.9 Å². The van der Waals surface area contributed by atoms with E-state index < -0.39 is 0 Å². The van der Waals surface area contributed by atoms with Gasteiger partial charge in [0.2, 0.25) is 0 Å². The van der Waals surface area contributed by atoms with Gasteiger partial charge < -0.3 is 5.32 Å². The molecule has 0 saturated heterocycles. The number of benzene rings is 1. The molecule has 1 atom stereocenters. The second-order valence-corrected chi connectivity index (χ2v) is 6.67. The molecule has 122 valence electrons. The number of rotatable bonds is 4. The van der Waals surface area contributed by atoms with Crippen LogP contribution in [0.1, 0.15) is 43.7 Å². The van der Waals surface area contributed by atoms with Gasteiger partial charge in [-0.2, -0.15) is 0 Å². The Hall–Kier alpha value is -2.53. The highest BCUT2D eigenvalue weighted by atomic mass is 32.1. The lowest BCUT2D eigenvalue weighted by Gasteiger charge is -2.21. The molecule has 3 rings (SSSR count). The molecule has 4 nitrogen and oxygen atoms in total. The lowest BCUT2D eigenvalue weighted by Crippen LogP contribution is -2.29. The van der Waals surface area contributed by atoms with Crippen LogP contribution >= 0.6 is 11.3 Å². The minimum Gasteiger partial charge on any atom is -0.340 e. The van der Waals surface area contributed by atoms with Crippen molar-refractivity contribution < 1.29 is 4.79 Å². The van der Waals surface area contributed by atoms with Crippen LogP contribution in [0.5, 0.6) is 0 Å². The maximum absolute atomic E-state index is 12.7. The van der Waals surface area contributed by atoms with Crippen molar-refractivity contribution in [3.63, 3.8) is 0 Å². The van der Waals surface area contributed by atoms with Crippen molar-refractivity contribution in [2.45, 2.75) is 26.8 Å². The zero-order valence-electron chi connectivity index (χ0n) is 13.9. The van der Waals surface area contributed by atoms with Crippen molar-refractivity contribution in [1.82, 2.24) is 15.3 Å². The number of carbonyl (C=O) groups excluding carboxylic acids is 1. The molecule has 0 fully saturated rings. The number of nitrogens with one attached hydrogen (secondary N) is 1. The predicted octanol–water partition coefficient (Wildman–Crippen LogP) is 3.98.